The van der Waals surface area contributed by atoms with Crippen molar-refractivity contribution in [2.75, 3.05) is 20.0 Å². The molecule has 0 saturated heterocycles. The van der Waals surface area contributed by atoms with Gasteiger partial charge < -0.3 is 9.47 Å². The van der Waals surface area contributed by atoms with Gasteiger partial charge in [-0.05, 0) is 66.1 Å². The highest BCUT2D eigenvalue weighted by Gasteiger charge is 2.33. The number of aryl methyl sites for hydroxylation is 1. The van der Waals surface area contributed by atoms with Gasteiger partial charge in [-0.3, -0.25) is 4.57 Å². The first-order valence-corrected chi connectivity index (χ1v) is 14.1. The molecule has 4 rings (SSSR count). The van der Waals surface area contributed by atoms with Gasteiger partial charge in [-0.15, -0.1) is 0 Å². The normalized spacial score (nSPS) is 12.0. The number of sulfone groups is 1. The molecule has 0 aliphatic heterocycles. The van der Waals surface area contributed by atoms with Crippen LogP contribution >= 0.6 is 23.2 Å². The minimum atomic E-state index is -3.88. The number of hydrogen-bond acceptors (Lipinski definition) is 5. The number of hydrogen-bond donors (Lipinski definition) is 0. The smallest absolute Gasteiger partial charge is 0.232 e. The monoisotopic (exact) mass is 576 g/mol. The molecule has 3 aromatic carbocycles. The lowest BCUT2D eigenvalue weighted by atomic mass is 9.81. The SMILES string of the molecule is COc1ccc(C(C)(C)c2cnc(S(=O)(=O)CCc3ccc(Cl)c(Cl)c3)n2-c2ccc(F)cc2)cc1OC. The Hall–Kier alpha value is -3.07. The molecule has 0 fully saturated rings. The van der Waals surface area contributed by atoms with Crippen molar-refractivity contribution in [2.24, 2.45) is 0 Å². The maximum Gasteiger partial charge on any atom is 0.232 e. The van der Waals surface area contributed by atoms with Gasteiger partial charge >= 0.3 is 0 Å². The zero-order valence-corrected chi connectivity index (χ0v) is 23.7. The molecule has 0 unspecified atom stereocenters. The van der Waals surface area contributed by atoms with Crippen molar-refractivity contribution in [3.8, 4) is 17.2 Å². The molecule has 1 heterocycles. The average molecular weight is 578 g/mol. The Morgan fingerprint density at radius 2 is 1.61 bits per heavy atom. The summed E-state index contributed by atoms with van der Waals surface area (Å²) in [6.07, 6.45) is 1.76. The fourth-order valence-corrected chi connectivity index (χ4v) is 5.95. The highest BCUT2D eigenvalue weighted by atomic mass is 35.5. The Labute approximate surface area is 231 Å². The van der Waals surface area contributed by atoms with Gasteiger partial charge in [0.1, 0.15) is 5.82 Å². The van der Waals surface area contributed by atoms with Crippen LogP contribution in [0.2, 0.25) is 10.0 Å². The molecule has 0 aliphatic carbocycles. The summed E-state index contributed by atoms with van der Waals surface area (Å²) in [5, 5.41) is 0.619. The fourth-order valence-electron chi connectivity index (χ4n) is 4.25. The number of methoxy groups -OCH3 is 2. The Kier molecular flexibility index (Phi) is 8.06. The number of halogens is 3. The molecule has 0 atom stereocenters. The standard InChI is InChI=1S/C28H27Cl2FN2O4S/c1-28(2,19-6-12-24(36-3)25(16-19)37-4)26-17-32-27(33(26)21-9-7-20(31)8-10-21)38(34,35)14-13-18-5-11-22(29)23(30)15-18/h5-12,15-17H,13-14H2,1-4H3. The summed E-state index contributed by atoms with van der Waals surface area (Å²) in [7, 11) is -0.770. The summed E-state index contributed by atoms with van der Waals surface area (Å²) in [5.41, 5.74) is 1.93. The summed E-state index contributed by atoms with van der Waals surface area (Å²) in [6, 6.07) is 16.2. The predicted molar refractivity (Wildman–Crippen MR) is 147 cm³/mol. The number of rotatable bonds is 9. The molecule has 1 aromatic heterocycles. The maximum atomic E-state index is 13.8. The van der Waals surface area contributed by atoms with Crippen LogP contribution in [0.3, 0.4) is 0 Å². The van der Waals surface area contributed by atoms with Crippen molar-refractivity contribution >= 4 is 33.0 Å². The zero-order chi connectivity index (χ0) is 27.7. The third-order valence-electron chi connectivity index (χ3n) is 6.48. The average Bonchev–Trinajstić information content (AvgIpc) is 3.36. The van der Waals surface area contributed by atoms with Gasteiger partial charge in [0.25, 0.3) is 0 Å². The second-order valence-corrected chi connectivity index (χ2v) is 12.1. The quantitative estimate of drug-likeness (QED) is 0.222. The van der Waals surface area contributed by atoms with Crippen LogP contribution < -0.4 is 9.47 Å². The number of benzene rings is 3. The van der Waals surface area contributed by atoms with E-state index in [0.29, 0.717) is 32.9 Å². The number of ether oxygens (including phenoxy) is 2. The van der Waals surface area contributed by atoms with E-state index in [2.05, 4.69) is 4.98 Å². The molecule has 0 amide bonds. The maximum absolute atomic E-state index is 13.8. The molecule has 200 valence electrons. The predicted octanol–water partition coefficient (Wildman–Crippen LogP) is 6.68. The second kappa shape index (κ2) is 11.0. The van der Waals surface area contributed by atoms with Crippen LogP contribution in [0.4, 0.5) is 4.39 Å². The van der Waals surface area contributed by atoms with Crippen LogP contribution in [0.25, 0.3) is 5.69 Å². The van der Waals surface area contributed by atoms with Crippen molar-refractivity contribution in [2.45, 2.75) is 30.8 Å². The van der Waals surface area contributed by atoms with Gasteiger partial charge in [-0.1, -0.05) is 49.2 Å². The fraction of sp³-hybridized carbons (Fsp3) is 0.250. The summed E-state index contributed by atoms with van der Waals surface area (Å²) < 4.78 is 53.5. The zero-order valence-electron chi connectivity index (χ0n) is 21.3. The van der Waals surface area contributed by atoms with Crippen molar-refractivity contribution in [3.63, 3.8) is 0 Å². The summed E-state index contributed by atoms with van der Waals surface area (Å²) in [4.78, 5) is 4.38. The van der Waals surface area contributed by atoms with Gasteiger partial charge in [0.15, 0.2) is 11.5 Å². The van der Waals surface area contributed by atoms with E-state index in [4.69, 9.17) is 32.7 Å². The van der Waals surface area contributed by atoms with Crippen LogP contribution in [0.1, 0.15) is 30.7 Å². The molecule has 0 N–H and O–H groups in total. The van der Waals surface area contributed by atoms with Crippen LogP contribution in [0.5, 0.6) is 11.5 Å². The lowest BCUT2D eigenvalue weighted by Crippen LogP contribution is -2.25. The second-order valence-electron chi connectivity index (χ2n) is 9.25. The summed E-state index contributed by atoms with van der Waals surface area (Å²) >= 11 is 12.1. The molecule has 38 heavy (non-hydrogen) atoms. The van der Waals surface area contributed by atoms with E-state index in [-0.39, 0.29) is 17.3 Å². The van der Waals surface area contributed by atoms with E-state index in [1.54, 1.807) is 49.2 Å². The third kappa shape index (κ3) is 5.53. The van der Waals surface area contributed by atoms with Gasteiger partial charge in [0.05, 0.1) is 41.9 Å². The highest BCUT2D eigenvalue weighted by Crippen LogP contribution is 2.39. The first-order chi connectivity index (χ1) is 18.0. The third-order valence-corrected chi connectivity index (χ3v) is 8.81. The van der Waals surface area contributed by atoms with E-state index >= 15 is 0 Å². The Morgan fingerprint density at radius 3 is 2.24 bits per heavy atom. The van der Waals surface area contributed by atoms with Gasteiger partial charge in [-0.2, -0.15) is 0 Å². The van der Waals surface area contributed by atoms with Crippen LogP contribution in [-0.2, 0) is 21.7 Å². The number of imidazole rings is 1. The molecular formula is C28H27Cl2FN2O4S. The lowest BCUT2D eigenvalue weighted by Gasteiger charge is -2.28. The minimum Gasteiger partial charge on any atom is -0.493 e. The van der Waals surface area contributed by atoms with Crippen molar-refractivity contribution in [1.29, 1.82) is 0 Å². The number of nitrogens with zero attached hydrogens (tertiary/aromatic N) is 2. The Morgan fingerprint density at radius 1 is 0.921 bits per heavy atom. The van der Waals surface area contributed by atoms with Crippen LogP contribution in [0.15, 0.2) is 72.0 Å². The molecule has 0 radical (unpaired) electrons. The first kappa shape index (κ1) is 28.0. The molecule has 0 bridgehead atoms. The van der Waals surface area contributed by atoms with E-state index in [1.165, 1.54) is 24.3 Å². The van der Waals surface area contributed by atoms with E-state index in [1.807, 2.05) is 26.0 Å². The van der Waals surface area contributed by atoms with E-state index in [9.17, 15) is 12.8 Å². The van der Waals surface area contributed by atoms with Crippen molar-refractivity contribution in [3.05, 3.63) is 99.5 Å². The van der Waals surface area contributed by atoms with E-state index in [0.717, 1.165) is 11.1 Å². The van der Waals surface area contributed by atoms with Crippen LogP contribution in [0, 0.1) is 5.82 Å². The largest absolute Gasteiger partial charge is 0.493 e. The van der Waals surface area contributed by atoms with Crippen LogP contribution in [-0.4, -0.2) is 37.9 Å². The summed E-state index contributed by atoms with van der Waals surface area (Å²) in [6.45, 7) is 3.91. The number of aromatic nitrogens is 2. The van der Waals surface area contributed by atoms with Crippen molar-refractivity contribution < 1.29 is 22.3 Å². The molecule has 4 aromatic rings. The Bertz CT molecular complexity index is 1570. The molecule has 0 aliphatic rings. The van der Waals surface area contributed by atoms with Gasteiger partial charge in [0, 0.05) is 11.1 Å². The molecule has 6 nitrogen and oxygen atoms in total. The summed E-state index contributed by atoms with van der Waals surface area (Å²) in [5.74, 6) is 0.475. The topological polar surface area (TPSA) is 70.4 Å². The van der Waals surface area contributed by atoms with E-state index < -0.39 is 21.1 Å². The van der Waals surface area contributed by atoms with Gasteiger partial charge in [0.2, 0.25) is 15.0 Å². The molecular weight excluding hydrogens is 550 g/mol. The van der Waals surface area contributed by atoms with Gasteiger partial charge in [-0.25, -0.2) is 17.8 Å². The minimum absolute atomic E-state index is 0.132. The molecule has 10 heteroatoms. The molecule has 0 spiro atoms. The lowest BCUT2D eigenvalue weighted by molar-refractivity contribution is 0.353. The van der Waals surface area contributed by atoms with Crippen molar-refractivity contribution in [1.82, 2.24) is 9.55 Å². The Balaban J connectivity index is 1.81. The highest BCUT2D eigenvalue weighted by molar-refractivity contribution is 7.91. The first-order valence-electron chi connectivity index (χ1n) is 11.7. The molecule has 0 saturated carbocycles.